The highest BCUT2D eigenvalue weighted by atomic mass is 16.6. The summed E-state index contributed by atoms with van der Waals surface area (Å²) in [6.45, 7) is 4.91. The van der Waals surface area contributed by atoms with Crippen molar-refractivity contribution in [3.63, 3.8) is 0 Å². The number of nitro benzene ring substituents is 1. The fourth-order valence-electron chi connectivity index (χ4n) is 3.52. The molecule has 8 heteroatoms. The Morgan fingerprint density at radius 1 is 1.04 bits per heavy atom. The van der Waals surface area contributed by atoms with Crippen molar-refractivity contribution in [1.29, 1.82) is 0 Å². The van der Waals surface area contributed by atoms with Crippen molar-refractivity contribution in [2.45, 2.75) is 25.7 Å². The molecule has 1 aromatic rings. The second-order valence-corrected chi connectivity index (χ2v) is 7.09. The van der Waals surface area contributed by atoms with Crippen molar-refractivity contribution in [3.8, 4) is 0 Å². The van der Waals surface area contributed by atoms with E-state index in [0.717, 1.165) is 65.0 Å². The molecule has 3 rings (SSSR count). The predicted molar refractivity (Wildman–Crippen MR) is 100 cm³/mol. The molecule has 142 valence electrons. The van der Waals surface area contributed by atoms with Gasteiger partial charge in [0.2, 0.25) is 0 Å². The molecule has 1 amide bonds. The monoisotopic (exact) mass is 361 g/mol. The molecule has 2 aliphatic rings. The van der Waals surface area contributed by atoms with Crippen molar-refractivity contribution in [1.82, 2.24) is 15.3 Å². The van der Waals surface area contributed by atoms with Crippen LogP contribution in [0.4, 0.5) is 11.4 Å². The molecule has 0 spiro atoms. The van der Waals surface area contributed by atoms with Crippen molar-refractivity contribution in [2.24, 2.45) is 0 Å². The van der Waals surface area contributed by atoms with E-state index in [0.29, 0.717) is 11.3 Å². The van der Waals surface area contributed by atoms with E-state index in [4.69, 9.17) is 0 Å². The van der Waals surface area contributed by atoms with E-state index in [1.807, 2.05) is 12.1 Å². The number of likely N-dealkylation sites (N-methyl/N-ethyl adjacent to an activating group) is 1. The van der Waals surface area contributed by atoms with Gasteiger partial charge in [-0.15, -0.1) is 0 Å². The topological polar surface area (TPSA) is 82.0 Å². The highest BCUT2D eigenvalue weighted by molar-refractivity contribution is 5.95. The van der Waals surface area contributed by atoms with Gasteiger partial charge in [-0.3, -0.25) is 20.3 Å². The summed E-state index contributed by atoms with van der Waals surface area (Å²) in [5, 5.41) is 13.5. The van der Waals surface area contributed by atoms with E-state index in [1.54, 1.807) is 12.1 Å². The molecule has 26 heavy (non-hydrogen) atoms. The molecule has 2 fully saturated rings. The Labute approximate surface area is 153 Å². The van der Waals surface area contributed by atoms with E-state index in [-0.39, 0.29) is 16.5 Å². The first-order valence-electron chi connectivity index (χ1n) is 9.32. The smallest absolute Gasteiger partial charge is 0.293 e. The van der Waals surface area contributed by atoms with E-state index in [2.05, 4.69) is 15.2 Å². The van der Waals surface area contributed by atoms with Crippen LogP contribution in [-0.2, 0) is 0 Å². The van der Waals surface area contributed by atoms with Crippen LogP contribution < -0.4 is 10.3 Å². The van der Waals surface area contributed by atoms with Gasteiger partial charge in [-0.25, -0.2) is 5.01 Å². The van der Waals surface area contributed by atoms with Crippen molar-refractivity contribution >= 4 is 17.3 Å². The Morgan fingerprint density at radius 3 is 2.31 bits per heavy atom. The largest absolute Gasteiger partial charge is 0.366 e. The van der Waals surface area contributed by atoms with Crippen LogP contribution >= 0.6 is 0 Å². The van der Waals surface area contributed by atoms with Crippen LogP contribution in [0.2, 0.25) is 0 Å². The van der Waals surface area contributed by atoms with Gasteiger partial charge in [-0.2, -0.15) is 0 Å². The molecular weight excluding hydrogens is 334 g/mol. The number of hydrogen-bond acceptors (Lipinski definition) is 6. The average Bonchev–Trinajstić information content (AvgIpc) is 2.92. The SMILES string of the molecule is CN1CCN(NC(=O)c2ccc(N3CCCCCC3)c([N+](=O)[O-])c2)CC1. The number of hydrazine groups is 1. The highest BCUT2D eigenvalue weighted by Gasteiger charge is 2.23. The van der Waals surface area contributed by atoms with Crippen molar-refractivity contribution < 1.29 is 9.72 Å². The normalized spacial score (nSPS) is 19.8. The van der Waals surface area contributed by atoms with E-state index in [9.17, 15) is 14.9 Å². The lowest BCUT2D eigenvalue weighted by atomic mass is 10.1. The maximum atomic E-state index is 12.5. The number of amides is 1. The molecule has 0 aromatic heterocycles. The minimum absolute atomic E-state index is 0.0120. The standard InChI is InChI=1S/C18H27N5O3/c1-20-10-12-22(13-11-20)19-18(24)15-6-7-16(17(14-15)23(25)26)21-8-4-2-3-5-9-21/h6-7,14H,2-5,8-13H2,1H3,(H,19,24). The minimum Gasteiger partial charge on any atom is -0.366 e. The molecule has 1 aromatic carbocycles. The lowest BCUT2D eigenvalue weighted by Crippen LogP contribution is -2.52. The average molecular weight is 361 g/mol. The molecule has 0 atom stereocenters. The quantitative estimate of drug-likeness (QED) is 0.651. The van der Waals surface area contributed by atoms with E-state index < -0.39 is 0 Å². The van der Waals surface area contributed by atoms with Gasteiger partial charge in [0.25, 0.3) is 11.6 Å². The van der Waals surface area contributed by atoms with Crippen LogP contribution in [0.3, 0.4) is 0 Å². The molecule has 0 saturated carbocycles. The first-order valence-corrected chi connectivity index (χ1v) is 9.32. The summed E-state index contributed by atoms with van der Waals surface area (Å²) in [7, 11) is 2.05. The molecule has 0 radical (unpaired) electrons. The number of carbonyl (C=O) groups is 1. The van der Waals surface area contributed by atoms with Gasteiger partial charge >= 0.3 is 0 Å². The van der Waals surface area contributed by atoms with Gasteiger partial charge in [-0.1, -0.05) is 12.8 Å². The summed E-state index contributed by atoms with van der Waals surface area (Å²) >= 11 is 0. The number of rotatable bonds is 4. The lowest BCUT2D eigenvalue weighted by molar-refractivity contribution is -0.384. The minimum atomic E-state index is -0.382. The first-order chi connectivity index (χ1) is 12.5. The summed E-state index contributed by atoms with van der Waals surface area (Å²) in [6.07, 6.45) is 4.41. The van der Waals surface area contributed by atoms with Crippen LogP contribution in [0.1, 0.15) is 36.0 Å². The number of piperazine rings is 1. The summed E-state index contributed by atoms with van der Waals surface area (Å²) in [6, 6.07) is 4.83. The zero-order valence-electron chi connectivity index (χ0n) is 15.3. The molecule has 0 aliphatic carbocycles. The molecule has 2 heterocycles. The summed E-state index contributed by atoms with van der Waals surface area (Å²) in [5.41, 5.74) is 3.82. The third-order valence-corrected chi connectivity index (χ3v) is 5.14. The van der Waals surface area contributed by atoms with Crippen LogP contribution in [0.25, 0.3) is 0 Å². The Kier molecular flexibility index (Phi) is 6.05. The van der Waals surface area contributed by atoms with Gasteiger partial charge < -0.3 is 9.80 Å². The molecule has 2 saturated heterocycles. The second kappa shape index (κ2) is 8.46. The number of hydrogen-bond donors (Lipinski definition) is 1. The van der Waals surface area contributed by atoms with Gasteiger partial charge in [0, 0.05) is 50.9 Å². The highest BCUT2D eigenvalue weighted by Crippen LogP contribution is 2.31. The second-order valence-electron chi connectivity index (χ2n) is 7.09. The maximum absolute atomic E-state index is 12.5. The number of benzene rings is 1. The molecule has 8 nitrogen and oxygen atoms in total. The van der Waals surface area contributed by atoms with Crippen LogP contribution in [-0.4, -0.2) is 67.1 Å². The number of nitro groups is 1. The Morgan fingerprint density at radius 2 is 1.69 bits per heavy atom. The molecule has 0 unspecified atom stereocenters. The Bertz CT molecular complexity index is 650. The van der Waals surface area contributed by atoms with Gasteiger partial charge in [-0.05, 0) is 32.0 Å². The summed E-state index contributed by atoms with van der Waals surface area (Å²) < 4.78 is 0. The lowest BCUT2D eigenvalue weighted by Gasteiger charge is -2.32. The third-order valence-electron chi connectivity index (χ3n) is 5.14. The van der Waals surface area contributed by atoms with Crippen molar-refractivity contribution in [2.75, 3.05) is 51.2 Å². The molecule has 2 aliphatic heterocycles. The fourth-order valence-corrected chi connectivity index (χ4v) is 3.52. The molecule has 1 N–H and O–H groups in total. The van der Waals surface area contributed by atoms with Crippen LogP contribution in [0.5, 0.6) is 0 Å². The predicted octanol–water partition coefficient (Wildman–Crippen LogP) is 1.87. The summed E-state index contributed by atoms with van der Waals surface area (Å²) in [4.78, 5) is 28.0. The fraction of sp³-hybridized carbons (Fsp3) is 0.611. The number of anilines is 1. The summed E-state index contributed by atoms with van der Waals surface area (Å²) in [5.74, 6) is -0.292. The zero-order chi connectivity index (χ0) is 18.5. The van der Waals surface area contributed by atoms with Gasteiger partial charge in [0.05, 0.1) is 4.92 Å². The van der Waals surface area contributed by atoms with Gasteiger partial charge in [0.15, 0.2) is 0 Å². The Balaban J connectivity index is 1.75. The molecule has 0 bridgehead atoms. The van der Waals surface area contributed by atoms with E-state index >= 15 is 0 Å². The molecular formula is C18H27N5O3. The van der Waals surface area contributed by atoms with Gasteiger partial charge in [0.1, 0.15) is 5.69 Å². The number of nitrogens with one attached hydrogen (secondary N) is 1. The zero-order valence-corrected chi connectivity index (χ0v) is 15.3. The van der Waals surface area contributed by atoms with Crippen molar-refractivity contribution in [3.05, 3.63) is 33.9 Å². The first kappa shape index (κ1) is 18.6. The number of nitrogens with zero attached hydrogens (tertiary/aromatic N) is 4. The van der Waals surface area contributed by atoms with E-state index in [1.165, 1.54) is 6.07 Å². The third kappa shape index (κ3) is 4.50. The Hall–Kier alpha value is -2.19. The van der Waals surface area contributed by atoms with Crippen LogP contribution in [0.15, 0.2) is 18.2 Å². The number of carbonyl (C=O) groups excluding carboxylic acids is 1. The maximum Gasteiger partial charge on any atom is 0.293 e. The van der Waals surface area contributed by atoms with Crippen LogP contribution in [0, 0.1) is 10.1 Å².